The van der Waals surface area contributed by atoms with Gasteiger partial charge in [0, 0.05) is 40.9 Å². The van der Waals surface area contributed by atoms with Gasteiger partial charge in [-0.25, -0.2) is 4.39 Å². The molecular formula is C34H32FN4O5Si. The van der Waals surface area contributed by atoms with Crippen LogP contribution in [0.5, 0.6) is 5.75 Å². The van der Waals surface area contributed by atoms with E-state index in [-0.39, 0.29) is 55.3 Å². The summed E-state index contributed by atoms with van der Waals surface area (Å²) in [4.78, 5) is 41.6. The summed E-state index contributed by atoms with van der Waals surface area (Å²) in [5, 5.41) is 22.5. The van der Waals surface area contributed by atoms with Gasteiger partial charge in [0.15, 0.2) is 0 Å². The maximum atomic E-state index is 14.5. The smallest absolute Gasteiger partial charge is 0.255 e. The molecule has 0 bridgehead atoms. The molecule has 0 aliphatic carbocycles. The molecule has 3 aromatic rings. The molecular weight excluding hydrogens is 591 g/mol. The van der Waals surface area contributed by atoms with Crippen LogP contribution in [0.2, 0.25) is 6.04 Å². The van der Waals surface area contributed by atoms with Crippen molar-refractivity contribution in [3.63, 3.8) is 0 Å². The fraction of sp³-hybridized carbons (Fsp3) is 0.353. The van der Waals surface area contributed by atoms with E-state index < -0.39 is 23.4 Å². The van der Waals surface area contributed by atoms with Crippen molar-refractivity contribution in [3.05, 3.63) is 94.3 Å². The highest BCUT2D eigenvalue weighted by molar-refractivity contribution is 6.16. The molecule has 2 atom stereocenters. The van der Waals surface area contributed by atoms with Gasteiger partial charge in [-0.15, -0.1) is 0 Å². The molecule has 3 radical (unpaired) electrons. The number of benzene rings is 3. The Morgan fingerprint density at radius 3 is 2.53 bits per heavy atom. The van der Waals surface area contributed by atoms with Gasteiger partial charge in [-0.1, -0.05) is 30.3 Å². The second-order valence-corrected chi connectivity index (χ2v) is 12.2. The van der Waals surface area contributed by atoms with Crippen LogP contribution in [0.3, 0.4) is 0 Å². The average Bonchev–Trinajstić information content (AvgIpc) is 3.41. The number of hydrogen-bond acceptors (Lipinski definition) is 7. The molecule has 3 aliphatic heterocycles. The molecule has 3 amide bonds. The summed E-state index contributed by atoms with van der Waals surface area (Å²) in [5.41, 5.74) is 2.47. The highest BCUT2D eigenvalue weighted by Crippen LogP contribution is 2.40. The van der Waals surface area contributed by atoms with Crippen molar-refractivity contribution < 1.29 is 28.6 Å². The van der Waals surface area contributed by atoms with Crippen molar-refractivity contribution in [3.8, 4) is 11.8 Å². The Kier molecular flexibility index (Phi) is 8.44. The minimum Gasteiger partial charge on any atom is -0.489 e. The zero-order valence-corrected chi connectivity index (χ0v) is 25.6. The number of carbonyl (C=O) groups excluding carboxylic acids is 3. The third-order valence-corrected chi connectivity index (χ3v) is 9.88. The normalized spacial score (nSPS) is 20.9. The number of amides is 3. The summed E-state index contributed by atoms with van der Waals surface area (Å²) in [6.45, 7) is 1.65. The minimum absolute atomic E-state index is 0.0317. The van der Waals surface area contributed by atoms with Crippen LogP contribution in [0.25, 0.3) is 0 Å². The van der Waals surface area contributed by atoms with Crippen LogP contribution in [0.15, 0.2) is 60.7 Å². The zero-order chi connectivity index (χ0) is 31.7. The van der Waals surface area contributed by atoms with E-state index in [0.717, 1.165) is 11.1 Å². The van der Waals surface area contributed by atoms with Crippen LogP contribution in [0.4, 0.5) is 10.1 Å². The topological polar surface area (TPSA) is 123 Å². The number of fused-ring (bicyclic) bond motifs is 1. The van der Waals surface area contributed by atoms with E-state index in [0.29, 0.717) is 48.5 Å². The molecule has 45 heavy (non-hydrogen) atoms. The Hall–Kier alpha value is -4.53. The molecule has 2 fully saturated rings. The Labute approximate surface area is 264 Å². The number of hydrogen-bond donors (Lipinski definition) is 2. The molecule has 3 aliphatic rings. The number of ether oxygens (including phenoxy) is 1. The average molecular weight is 624 g/mol. The lowest BCUT2D eigenvalue weighted by atomic mass is 9.87. The quantitative estimate of drug-likeness (QED) is 0.288. The summed E-state index contributed by atoms with van der Waals surface area (Å²) in [7, 11) is 3.47. The second-order valence-electron chi connectivity index (χ2n) is 11.8. The Morgan fingerprint density at radius 2 is 1.87 bits per heavy atom. The van der Waals surface area contributed by atoms with E-state index in [1.165, 1.54) is 11.0 Å². The number of anilines is 1. The summed E-state index contributed by atoms with van der Waals surface area (Å²) < 4.78 is 20.6. The summed E-state index contributed by atoms with van der Waals surface area (Å²) in [6, 6.07) is 19.5. The van der Waals surface area contributed by atoms with Gasteiger partial charge in [0.25, 0.3) is 11.8 Å². The van der Waals surface area contributed by atoms with Gasteiger partial charge >= 0.3 is 0 Å². The maximum Gasteiger partial charge on any atom is 0.255 e. The van der Waals surface area contributed by atoms with Crippen LogP contribution < -0.4 is 15.0 Å². The molecule has 229 valence electrons. The molecule has 0 saturated carbocycles. The molecule has 3 aromatic carbocycles. The first kappa shape index (κ1) is 30.5. The molecule has 1 unspecified atom stereocenters. The van der Waals surface area contributed by atoms with E-state index in [1.54, 1.807) is 30.3 Å². The van der Waals surface area contributed by atoms with E-state index in [4.69, 9.17) is 10.00 Å². The number of halogens is 1. The minimum atomic E-state index is -1.16. The highest BCUT2D eigenvalue weighted by Gasteiger charge is 2.51. The monoisotopic (exact) mass is 623 g/mol. The van der Waals surface area contributed by atoms with Crippen molar-refractivity contribution >= 4 is 33.7 Å². The predicted molar refractivity (Wildman–Crippen MR) is 164 cm³/mol. The van der Waals surface area contributed by atoms with Crippen LogP contribution in [0, 0.1) is 23.1 Å². The summed E-state index contributed by atoms with van der Waals surface area (Å²) in [5.74, 6) is -0.926. The van der Waals surface area contributed by atoms with Crippen molar-refractivity contribution in [2.24, 2.45) is 5.92 Å². The largest absolute Gasteiger partial charge is 0.489 e. The lowest BCUT2D eigenvalue weighted by molar-refractivity contribution is -0.142. The molecule has 2 saturated heterocycles. The molecule has 0 spiro atoms. The second kappa shape index (κ2) is 12.5. The predicted octanol–water partition coefficient (Wildman–Crippen LogP) is 3.94. The van der Waals surface area contributed by atoms with E-state index in [1.807, 2.05) is 35.2 Å². The maximum absolute atomic E-state index is 14.5. The fourth-order valence-electron chi connectivity index (χ4n) is 6.58. The first-order chi connectivity index (χ1) is 21.7. The third-order valence-electron chi connectivity index (χ3n) is 9.29. The van der Waals surface area contributed by atoms with Crippen molar-refractivity contribution in [2.45, 2.75) is 56.5 Å². The molecule has 0 aromatic heterocycles. The number of nitrogens with zero attached hydrogens (tertiary/aromatic N) is 3. The zero-order valence-electron chi connectivity index (χ0n) is 24.6. The van der Waals surface area contributed by atoms with Gasteiger partial charge in [0.05, 0.1) is 30.0 Å². The molecule has 6 rings (SSSR count). The van der Waals surface area contributed by atoms with E-state index >= 15 is 0 Å². The SMILES string of the molecule is N#Cc1ccc(N2CCC(C(O)c3ccc(COc4cccc5c4CN([C@]4(C[Si])CCC(=O)NC4=O)C5=O)cc3)CC2)c(F)c1. The van der Waals surface area contributed by atoms with Crippen LogP contribution in [-0.4, -0.2) is 56.6 Å². The first-order valence-electron chi connectivity index (χ1n) is 15.0. The van der Waals surface area contributed by atoms with Gasteiger partial charge in [-0.05, 0) is 72.7 Å². The van der Waals surface area contributed by atoms with Crippen LogP contribution >= 0.6 is 0 Å². The van der Waals surface area contributed by atoms with Crippen molar-refractivity contribution in [1.82, 2.24) is 10.2 Å². The van der Waals surface area contributed by atoms with Gasteiger partial charge in [-0.2, -0.15) is 5.26 Å². The van der Waals surface area contributed by atoms with Gasteiger partial charge in [-0.3, -0.25) is 19.7 Å². The Bertz CT molecular complexity index is 1680. The van der Waals surface area contributed by atoms with Gasteiger partial charge < -0.3 is 19.6 Å². The summed E-state index contributed by atoms with van der Waals surface area (Å²) in [6.07, 6.45) is 1.14. The fourth-order valence-corrected chi connectivity index (χ4v) is 7.11. The van der Waals surface area contributed by atoms with E-state index in [2.05, 4.69) is 15.6 Å². The Morgan fingerprint density at radius 1 is 1.11 bits per heavy atom. The number of rotatable bonds is 8. The van der Waals surface area contributed by atoms with Gasteiger partial charge in [0.2, 0.25) is 5.91 Å². The van der Waals surface area contributed by atoms with Crippen LogP contribution in [0.1, 0.15) is 64.4 Å². The number of nitrogens with one attached hydrogen (secondary N) is 1. The number of aliphatic hydroxyl groups is 1. The molecule has 2 N–H and O–H groups in total. The first-order valence-corrected chi connectivity index (χ1v) is 15.7. The molecule has 9 nitrogen and oxygen atoms in total. The number of aliphatic hydroxyl groups excluding tert-OH is 1. The lowest BCUT2D eigenvalue weighted by Gasteiger charge is -2.41. The van der Waals surface area contributed by atoms with Gasteiger partial charge in [0.1, 0.15) is 23.7 Å². The van der Waals surface area contributed by atoms with Crippen molar-refractivity contribution in [1.29, 1.82) is 5.26 Å². The van der Waals surface area contributed by atoms with E-state index in [9.17, 15) is 23.9 Å². The highest BCUT2D eigenvalue weighted by atomic mass is 28.1. The number of imide groups is 1. The molecule has 11 heteroatoms. The summed E-state index contributed by atoms with van der Waals surface area (Å²) >= 11 is 0. The van der Waals surface area contributed by atoms with Crippen LogP contribution in [-0.2, 0) is 22.7 Å². The third kappa shape index (κ3) is 5.71. The molecule has 3 heterocycles. The standard InChI is InChI=1S/C34H32FN4O5Si/c35-27-16-22(17-36)6-9-28(27)38-14-11-24(12-15-38)31(41)23-7-4-21(5-8-23)19-44-29-3-1-2-25-26(29)18-39(32(25)42)34(20-45)13-10-30(40)37-33(34)43/h1-9,16,24,31,41H,10-15,18-20H2,(H,37,40,43)/t31?,34-/m0/s1. The lowest BCUT2D eigenvalue weighted by Crippen LogP contribution is -2.62. The number of carbonyl (C=O) groups is 3. The number of piperidine rings is 2. The van der Waals surface area contributed by atoms with Crippen molar-refractivity contribution in [2.75, 3.05) is 18.0 Å². The number of nitriles is 1. The Balaban J connectivity index is 1.07.